The molecule has 1 radical (unpaired) electrons. The van der Waals surface area contributed by atoms with Crippen LogP contribution in [0, 0.1) is 6.92 Å². The lowest BCUT2D eigenvalue weighted by Gasteiger charge is -2.22. The SMILES string of the molecule is [CH2]C(C)(N)C(C)N. The molecule has 0 aliphatic carbocycles. The third kappa shape index (κ3) is 2.60. The van der Waals surface area contributed by atoms with Crippen LogP contribution in [0.2, 0.25) is 0 Å². The van der Waals surface area contributed by atoms with E-state index in [0.717, 1.165) is 0 Å². The fourth-order valence-electron chi connectivity index (χ4n) is 0. The van der Waals surface area contributed by atoms with Gasteiger partial charge in [-0.25, -0.2) is 0 Å². The summed E-state index contributed by atoms with van der Waals surface area (Å²) in [6.45, 7) is 7.27. The fourth-order valence-corrected chi connectivity index (χ4v) is 0. The molecule has 0 aliphatic heterocycles. The highest BCUT2D eigenvalue weighted by Gasteiger charge is 2.15. The normalized spacial score (nSPS) is 16.7. The molecular weight excluding hydrogens is 88.1 g/mol. The van der Waals surface area contributed by atoms with Crippen molar-refractivity contribution in [2.24, 2.45) is 11.5 Å². The molecule has 0 aliphatic rings. The lowest BCUT2D eigenvalue weighted by Crippen LogP contribution is -2.48. The monoisotopic (exact) mass is 101 g/mol. The minimum absolute atomic E-state index is 0.0347. The van der Waals surface area contributed by atoms with E-state index in [2.05, 4.69) is 6.92 Å². The van der Waals surface area contributed by atoms with Crippen molar-refractivity contribution < 1.29 is 0 Å². The maximum absolute atomic E-state index is 5.44. The molecule has 0 spiro atoms. The van der Waals surface area contributed by atoms with Gasteiger partial charge in [-0.15, -0.1) is 0 Å². The van der Waals surface area contributed by atoms with Gasteiger partial charge in [0.1, 0.15) is 0 Å². The van der Waals surface area contributed by atoms with Crippen LogP contribution in [0.25, 0.3) is 0 Å². The molecule has 0 bridgehead atoms. The quantitative estimate of drug-likeness (QED) is 0.484. The summed E-state index contributed by atoms with van der Waals surface area (Å²) in [7, 11) is 0. The summed E-state index contributed by atoms with van der Waals surface area (Å²) < 4.78 is 0. The van der Waals surface area contributed by atoms with Gasteiger partial charge < -0.3 is 11.5 Å². The van der Waals surface area contributed by atoms with Gasteiger partial charge in [-0.05, 0) is 20.8 Å². The predicted octanol–water partition coefficient (Wildman–Crippen LogP) is -0.115. The van der Waals surface area contributed by atoms with Crippen LogP contribution < -0.4 is 11.5 Å². The summed E-state index contributed by atoms with van der Waals surface area (Å²) in [5.74, 6) is 0. The molecule has 0 rings (SSSR count). The molecule has 0 aromatic heterocycles. The van der Waals surface area contributed by atoms with Crippen LogP contribution >= 0.6 is 0 Å². The van der Waals surface area contributed by atoms with Crippen LogP contribution in [0.3, 0.4) is 0 Å². The smallest absolute Gasteiger partial charge is 0.0277 e. The van der Waals surface area contributed by atoms with E-state index in [1.54, 1.807) is 6.92 Å². The van der Waals surface area contributed by atoms with Crippen molar-refractivity contribution in [3.63, 3.8) is 0 Å². The van der Waals surface area contributed by atoms with Gasteiger partial charge >= 0.3 is 0 Å². The number of nitrogens with two attached hydrogens (primary N) is 2. The standard InChI is InChI=1S/C5H13N2/c1-4(6)5(2,3)7/h4H,2,6-7H2,1,3H3. The molecule has 43 valence electrons. The van der Waals surface area contributed by atoms with Crippen molar-refractivity contribution in [3.8, 4) is 0 Å². The number of hydrogen-bond acceptors (Lipinski definition) is 2. The first-order valence-corrected chi connectivity index (χ1v) is 2.34. The highest BCUT2D eigenvalue weighted by Crippen LogP contribution is 1.98. The molecule has 2 atom stereocenters. The average molecular weight is 101 g/mol. The van der Waals surface area contributed by atoms with Crippen molar-refractivity contribution >= 4 is 0 Å². The van der Waals surface area contributed by atoms with Gasteiger partial charge in [0.2, 0.25) is 0 Å². The third-order valence-corrected chi connectivity index (χ3v) is 1.04. The third-order valence-electron chi connectivity index (χ3n) is 1.04. The zero-order valence-corrected chi connectivity index (χ0v) is 4.94. The van der Waals surface area contributed by atoms with Crippen LogP contribution in [0.15, 0.2) is 0 Å². The Morgan fingerprint density at radius 1 is 1.71 bits per heavy atom. The van der Waals surface area contributed by atoms with Crippen LogP contribution in [0.1, 0.15) is 13.8 Å². The molecule has 2 heteroatoms. The Bertz CT molecular complexity index is 51.6. The Kier molecular flexibility index (Phi) is 1.78. The maximum Gasteiger partial charge on any atom is 0.0277 e. The number of rotatable bonds is 1. The highest BCUT2D eigenvalue weighted by atomic mass is 14.8. The minimum atomic E-state index is -0.472. The number of hydrogen-bond donors (Lipinski definition) is 2. The second-order valence-corrected chi connectivity index (χ2v) is 2.29. The molecule has 2 nitrogen and oxygen atoms in total. The molecular formula is C5H13N2. The largest absolute Gasteiger partial charge is 0.326 e. The van der Waals surface area contributed by atoms with Crippen molar-refractivity contribution in [2.45, 2.75) is 25.4 Å². The second kappa shape index (κ2) is 1.80. The molecule has 0 heterocycles. The Hall–Kier alpha value is -0.0800. The summed E-state index contributed by atoms with van der Waals surface area (Å²) in [5.41, 5.74) is 10.4. The zero-order chi connectivity index (χ0) is 6.08. The Labute approximate surface area is 44.9 Å². The Balaban J connectivity index is 3.54. The van der Waals surface area contributed by atoms with E-state index in [1.807, 2.05) is 6.92 Å². The van der Waals surface area contributed by atoms with Crippen LogP contribution in [-0.2, 0) is 0 Å². The van der Waals surface area contributed by atoms with Crippen molar-refractivity contribution in [2.75, 3.05) is 0 Å². The molecule has 4 N–H and O–H groups in total. The van der Waals surface area contributed by atoms with Gasteiger partial charge in [0.05, 0.1) is 0 Å². The van der Waals surface area contributed by atoms with Crippen molar-refractivity contribution in [1.29, 1.82) is 0 Å². The van der Waals surface area contributed by atoms with Gasteiger partial charge in [0.15, 0.2) is 0 Å². The van der Waals surface area contributed by atoms with E-state index in [9.17, 15) is 0 Å². The summed E-state index contributed by atoms with van der Waals surface area (Å²) in [6, 6.07) is -0.0347. The summed E-state index contributed by atoms with van der Waals surface area (Å²) >= 11 is 0. The minimum Gasteiger partial charge on any atom is -0.326 e. The summed E-state index contributed by atoms with van der Waals surface area (Å²) in [4.78, 5) is 0. The second-order valence-electron chi connectivity index (χ2n) is 2.29. The molecule has 0 amide bonds. The molecule has 0 saturated heterocycles. The van der Waals surface area contributed by atoms with E-state index < -0.39 is 5.54 Å². The summed E-state index contributed by atoms with van der Waals surface area (Å²) in [6.07, 6.45) is 0. The van der Waals surface area contributed by atoms with E-state index in [4.69, 9.17) is 11.5 Å². The van der Waals surface area contributed by atoms with Gasteiger partial charge in [-0.1, -0.05) is 0 Å². The predicted molar refractivity (Wildman–Crippen MR) is 31.6 cm³/mol. The molecule has 2 unspecified atom stereocenters. The summed E-state index contributed by atoms with van der Waals surface area (Å²) in [5, 5.41) is 0. The van der Waals surface area contributed by atoms with Gasteiger partial charge in [0.25, 0.3) is 0 Å². The zero-order valence-electron chi connectivity index (χ0n) is 4.94. The maximum atomic E-state index is 5.44. The molecule has 0 saturated carbocycles. The lowest BCUT2D eigenvalue weighted by molar-refractivity contribution is 0.480. The van der Waals surface area contributed by atoms with Crippen molar-refractivity contribution in [1.82, 2.24) is 0 Å². The topological polar surface area (TPSA) is 52.0 Å². The lowest BCUT2D eigenvalue weighted by atomic mass is 9.99. The van der Waals surface area contributed by atoms with Gasteiger partial charge in [-0.2, -0.15) is 0 Å². The molecule has 0 aromatic rings. The van der Waals surface area contributed by atoms with Crippen molar-refractivity contribution in [3.05, 3.63) is 6.92 Å². The first-order chi connectivity index (χ1) is 2.94. The molecule has 0 fully saturated rings. The van der Waals surface area contributed by atoms with Gasteiger partial charge in [-0.3, -0.25) is 0 Å². The Morgan fingerprint density at radius 2 is 1.86 bits per heavy atom. The van der Waals surface area contributed by atoms with E-state index in [-0.39, 0.29) is 6.04 Å². The van der Waals surface area contributed by atoms with E-state index in [0.29, 0.717) is 0 Å². The van der Waals surface area contributed by atoms with Crippen LogP contribution in [-0.4, -0.2) is 11.6 Å². The van der Waals surface area contributed by atoms with Crippen LogP contribution in [0.4, 0.5) is 0 Å². The van der Waals surface area contributed by atoms with Gasteiger partial charge in [0, 0.05) is 11.6 Å². The first-order valence-electron chi connectivity index (χ1n) is 2.34. The first kappa shape index (κ1) is 6.92. The van der Waals surface area contributed by atoms with E-state index in [1.165, 1.54) is 0 Å². The molecule has 7 heavy (non-hydrogen) atoms. The van der Waals surface area contributed by atoms with E-state index >= 15 is 0 Å². The fraction of sp³-hybridized carbons (Fsp3) is 0.800. The highest BCUT2D eigenvalue weighted by molar-refractivity contribution is 4.89. The molecule has 0 aromatic carbocycles. The van der Waals surface area contributed by atoms with Crippen LogP contribution in [0.5, 0.6) is 0 Å². The Morgan fingerprint density at radius 3 is 1.86 bits per heavy atom. The average Bonchev–Trinajstić information content (AvgIpc) is 1.31.